The summed E-state index contributed by atoms with van der Waals surface area (Å²) in [6, 6.07) is 12.0. The van der Waals surface area contributed by atoms with Crippen LogP contribution in [0.1, 0.15) is 62.3 Å². The van der Waals surface area contributed by atoms with Crippen LogP contribution in [0.5, 0.6) is 0 Å². The van der Waals surface area contributed by atoms with Crippen molar-refractivity contribution in [2.24, 2.45) is 0 Å². The van der Waals surface area contributed by atoms with Gasteiger partial charge in [0, 0.05) is 5.02 Å². The van der Waals surface area contributed by atoms with Gasteiger partial charge in [0.25, 0.3) is 0 Å². The Balaban J connectivity index is 1.51. The van der Waals surface area contributed by atoms with Gasteiger partial charge in [-0.05, 0) is 61.9 Å². The van der Waals surface area contributed by atoms with Crippen LogP contribution in [0.3, 0.4) is 0 Å². The highest BCUT2D eigenvalue weighted by Gasteiger charge is 2.43. The third-order valence-corrected chi connectivity index (χ3v) is 6.88. The van der Waals surface area contributed by atoms with Gasteiger partial charge in [-0.15, -0.1) is 0 Å². The van der Waals surface area contributed by atoms with Gasteiger partial charge in [-0.25, -0.2) is 0 Å². The molecular weight excluding hydrogens is 372 g/mol. The summed E-state index contributed by atoms with van der Waals surface area (Å²) in [5.74, 6) is 1.13. The Morgan fingerprint density at radius 1 is 1.07 bits per heavy atom. The van der Waals surface area contributed by atoms with Gasteiger partial charge in [0.2, 0.25) is 5.91 Å². The van der Waals surface area contributed by atoms with Crippen molar-refractivity contribution in [1.29, 1.82) is 0 Å². The summed E-state index contributed by atoms with van der Waals surface area (Å²) in [5, 5.41) is 4.02. The zero-order valence-corrected chi connectivity index (χ0v) is 17.1. The van der Waals surface area contributed by atoms with E-state index in [1.807, 2.05) is 36.4 Å². The number of halogens is 1. The van der Waals surface area contributed by atoms with Crippen LogP contribution in [-0.4, -0.2) is 25.5 Å². The molecule has 0 bridgehead atoms. The fourth-order valence-electron chi connectivity index (χ4n) is 5.05. The molecule has 1 aromatic carbocycles. The molecule has 2 N–H and O–H groups in total. The van der Waals surface area contributed by atoms with Crippen molar-refractivity contribution in [2.75, 3.05) is 19.6 Å². The summed E-state index contributed by atoms with van der Waals surface area (Å²) < 4.78 is 5.74. The second-order valence-corrected chi connectivity index (χ2v) is 8.73. The molecule has 1 aliphatic carbocycles. The number of likely N-dealkylation sites (tertiary alicyclic amines) is 1. The van der Waals surface area contributed by atoms with E-state index >= 15 is 0 Å². The number of piperidine rings is 1. The molecule has 28 heavy (non-hydrogen) atoms. The molecule has 2 fully saturated rings. The second kappa shape index (κ2) is 8.71. The molecule has 1 saturated carbocycles. The first kappa shape index (κ1) is 19.5. The molecule has 1 amide bonds. The quantitative estimate of drug-likeness (QED) is 0.775. The molecule has 4 rings (SSSR count). The molecule has 0 spiro atoms. The van der Waals surface area contributed by atoms with E-state index in [1.54, 1.807) is 6.26 Å². The number of rotatable bonds is 6. The van der Waals surface area contributed by atoms with Gasteiger partial charge in [0.15, 0.2) is 11.8 Å². The summed E-state index contributed by atoms with van der Waals surface area (Å²) in [5.41, 5.74) is 0.669. The van der Waals surface area contributed by atoms with Gasteiger partial charge in [-0.3, -0.25) is 4.79 Å². The maximum absolute atomic E-state index is 13.4. The van der Waals surface area contributed by atoms with Crippen LogP contribution in [0.2, 0.25) is 5.02 Å². The van der Waals surface area contributed by atoms with Gasteiger partial charge in [-0.1, -0.05) is 36.6 Å². The first-order valence-corrected chi connectivity index (χ1v) is 11.0. The minimum absolute atomic E-state index is 0.153. The van der Waals surface area contributed by atoms with Crippen LogP contribution in [0.4, 0.5) is 0 Å². The van der Waals surface area contributed by atoms with E-state index in [4.69, 9.17) is 16.0 Å². The Morgan fingerprint density at radius 3 is 2.43 bits per heavy atom. The largest absolute Gasteiger partial charge is 0.463 e. The number of carbonyl (C=O) groups is 1. The maximum atomic E-state index is 13.4. The van der Waals surface area contributed by atoms with E-state index in [9.17, 15) is 4.79 Å². The van der Waals surface area contributed by atoms with Gasteiger partial charge in [0.05, 0.1) is 31.3 Å². The van der Waals surface area contributed by atoms with Crippen molar-refractivity contribution in [2.45, 2.75) is 56.4 Å². The highest BCUT2D eigenvalue weighted by atomic mass is 35.5. The van der Waals surface area contributed by atoms with Crippen LogP contribution < -0.4 is 10.2 Å². The molecule has 2 aromatic rings. The lowest BCUT2D eigenvalue weighted by atomic mass is 9.78. The fourth-order valence-corrected chi connectivity index (χ4v) is 5.17. The van der Waals surface area contributed by atoms with Gasteiger partial charge in [0.1, 0.15) is 0 Å². The normalized spacial score (nSPS) is 20.8. The molecule has 2 heterocycles. The monoisotopic (exact) mass is 401 g/mol. The van der Waals surface area contributed by atoms with Crippen molar-refractivity contribution < 1.29 is 14.1 Å². The number of amides is 1. The van der Waals surface area contributed by atoms with E-state index in [0.717, 1.165) is 50.1 Å². The molecule has 5 heteroatoms. The number of quaternary nitrogens is 1. The molecule has 1 saturated heterocycles. The number of furan rings is 1. The smallest absolute Gasteiger partial charge is 0.230 e. The number of hydrogen-bond donors (Lipinski definition) is 2. The lowest BCUT2D eigenvalue weighted by molar-refractivity contribution is -0.936. The molecule has 0 radical (unpaired) electrons. The number of carbonyl (C=O) groups excluding carboxylic acids is 1. The molecular formula is C23H30ClN2O2+. The molecule has 1 aliphatic heterocycles. The minimum Gasteiger partial charge on any atom is -0.463 e. The highest BCUT2D eigenvalue weighted by Crippen LogP contribution is 2.41. The first-order chi connectivity index (χ1) is 13.7. The maximum Gasteiger partial charge on any atom is 0.230 e. The topological polar surface area (TPSA) is 46.7 Å². The first-order valence-electron chi connectivity index (χ1n) is 10.6. The van der Waals surface area contributed by atoms with Crippen LogP contribution in [0.25, 0.3) is 0 Å². The van der Waals surface area contributed by atoms with Crippen LogP contribution in [0, 0.1) is 0 Å². The van der Waals surface area contributed by atoms with Crippen molar-refractivity contribution in [3.8, 4) is 0 Å². The molecule has 1 aromatic heterocycles. The zero-order valence-electron chi connectivity index (χ0n) is 16.4. The SMILES string of the molecule is O=C(NC[C@@H](c1ccco1)[NH+]1CCCCC1)C1(c2ccc(Cl)cc2)CCCC1. The fraction of sp³-hybridized carbons (Fsp3) is 0.522. The van der Waals surface area contributed by atoms with E-state index in [-0.39, 0.29) is 11.9 Å². The predicted octanol–water partition coefficient (Wildman–Crippen LogP) is 3.67. The van der Waals surface area contributed by atoms with Crippen molar-refractivity contribution in [3.63, 3.8) is 0 Å². The van der Waals surface area contributed by atoms with Gasteiger partial charge < -0.3 is 14.6 Å². The van der Waals surface area contributed by atoms with Gasteiger partial charge >= 0.3 is 0 Å². The molecule has 0 unspecified atom stereocenters. The van der Waals surface area contributed by atoms with Gasteiger partial charge in [-0.2, -0.15) is 0 Å². The molecule has 4 nitrogen and oxygen atoms in total. The Labute approximate surface area is 172 Å². The van der Waals surface area contributed by atoms with Crippen molar-refractivity contribution in [3.05, 3.63) is 59.0 Å². The Hall–Kier alpha value is -1.78. The summed E-state index contributed by atoms with van der Waals surface area (Å²) in [6.45, 7) is 2.91. The molecule has 150 valence electrons. The van der Waals surface area contributed by atoms with E-state index in [2.05, 4.69) is 5.32 Å². The Kier molecular flexibility index (Phi) is 6.07. The summed E-state index contributed by atoms with van der Waals surface area (Å²) in [6.07, 6.45) is 9.53. The lowest BCUT2D eigenvalue weighted by Crippen LogP contribution is -3.13. The average molecular weight is 402 g/mol. The molecule has 1 atom stereocenters. The predicted molar refractivity (Wildman–Crippen MR) is 111 cm³/mol. The standard InChI is InChI=1S/C23H29ClN2O2/c24-19-10-8-18(9-11-19)23(12-2-3-13-23)22(27)25-17-20(21-7-6-16-28-21)26-14-4-1-5-15-26/h6-11,16,20H,1-5,12-15,17H2,(H,25,27)/p+1/t20-/m0/s1. The Bertz CT molecular complexity index is 760. The number of benzene rings is 1. The highest BCUT2D eigenvalue weighted by molar-refractivity contribution is 6.30. The average Bonchev–Trinajstić information content (AvgIpc) is 3.42. The zero-order chi connectivity index (χ0) is 19.4. The van der Waals surface area contributed by atoms with E-state index in [1.165, 1.54) is 24.2 Å². The van der Waals surface area contributed by atoms with Crippen molar-refractivity contribution in [1.82, 2.24) is 5.32 Å². The van der Waals surface area contributed by atoms with E-state index in [0.29, 0.717) is 11.6 Å². The van der Waals surface area contributed by atoms with Crippen molar-refractivity contribution >= 4 is 17.5 Å². The summed E-state index contributed by atoms with van der Waals surface area (Å²) in [7, 11) is 0. The Morgan fingerprint density at radius 2 is 1.79 bits per heavy atom. The van der Waals surface area contributed by atoms with Crippen LogP contribution in [0.15, 0.2) is 47.1 Å². The summed E-state index contributed by atoms with van der Waals surface area (Å²) in [4.78, 5) is 14.9. The van der Waals surface area contributed by atoms with Crippen LogP contribution in [-0.2, 0) is 10.2 Å². The third kappa shape index (κ3) is 3.99. The van der Waals surface area contributed by atoms with Crippen LogP contribution >= 0.6 is 11.6 Å². The summed E-state index contributed by atoms with van der Waals surface area (Å²) >= 11 is 6.08. The lowest BCUT2D eigenvalue weighted by Gasteiger charge is -2.33. The van der Waals surface area contributed by atoms with E-state index < -0.39 is 5.41 Å². The third-order valence-electron chi connectivity index (χ3n) is 6.63. The number of nitrogens with one attached hydrogen (secondary N) is 2. The second-order valence-electron chi connectivity index (χ2n) is 8.29. The minimum atomic E-state index is -0.421. The number of hydrogen-bond acceptors (Lipinski definition) is 2. The molecule has 2 aliphatic rings.